The van der Waals surface area contributed by atoms with Gasteiger partial charge in [0, 0.05) is 50.4 Å². The van der Waals surface area contributed by atoms with E-state index in [1.54, 1.807) is 17.0 Å². The van der Waals surface area contributed by atoms with Crippen molar-refractivity contribution in [1.82, 2.24) is 14.0 Å². The van der Waals surface area contributed by atoms with E-state index in [9.17, 15) is 27.6 Å². The first-order valence-corrected chi connectivity index (χ1v) is 9.61. The Morgan fingerprint density at radius 1 is 0.871 bits per heavy atom. The summed E-state index contributed by atoms with van der Waals surface area (Å²) in [5.41, 5.74) is -0.894. The number of likely N-dealkylation sites (tertiary alicyclic amines) is 1. The number of rotatable bonds is 5. The third-order valence-electron chi connectivity index (χ3n) is 5.28. The Hall–Kier alpha value is -3.62. The molecular formula is C22H18F3N3O3. The summed E-state index contributed by atoms with van der Waals surface area (Å²) in [6.07, 6.45) is 2.92. The number of amides is 1. The largest absolute Gasteiger partial charge is 0.338 e. The highest BCUT2D eigenvalue weighted by atomic mass is 19.2. The lowest BCUT2D eigenvalue weighted by atomic mass is 10.1. The molecule has 1 amide bonds. The van der Waals surface area contributed by atoms with Crippen molar-refractivity contribution >= 4 is 5.91 Å². The van der Waals surface area contributed by atoms with Gasteiger partial charge >= 0.3 is 11.1 Å². The molecule has 1 aliphatic heterocycles. The van der Waals surface area contributed by atoms with E-state index in [-0.39, 0.29) is 36.3 Å². The summed E-state index contributed by atoms with van der Waals surface area (Å²) in [7, 11) is 0. The summed E-state index contributed by atoms with van der Waals surface area (Å²) in [5, 5.41) is 0. The van der Waals surface area contributed by atoms with Gasteiger partial charge in [0.05, 0.1) is 5.69 Å². The predicted molar refractivity (Wildman–Crippen MR) is 106 cm³/mol. The Morgan fingerprint density at radius 2 is 1.61 bits per heavy atom. The zero-order valence-electron chi connectivity index (χ0n) is 16.3. The lowest BCUT2D eigenvalue weighted by molar-refractivity contribution is -0.128. The second-order valence-electron chi connectivity index (χ2n) is 7.50. The molecule has 6 nitrogen and oxygen atoms in total. The fraction of sp³-hybridized carbons (Fsp3) is 0.227. The number of carbonyl (C=O) groups is 1. The maximum atomic E-state index is 13.5. The average Bonchev–Trinajstić information content (AvgIpc) is 3.08. The number of carbonyl (C=O) groups excluding carboxylic acids is 1. The predicted octanol–water partition coefficient (Wildman–Crippen LogP) is 2.47. The van der Waals surface area contributed by atoms with Gasteiger partial charge in [-0.25, -0.2) is 13.2 Å². The minimum absolute atomic E-state index is 0.0367. The summed E-state index contributed by atoms with van der Waals surface area (Å²) >= 11 is 0. The van der Waals surface area contributed by atoms with E-state index in [1.807, 2.05) is 0 Å². The van der Waals surface area contributed by atoms with Gasteiger partial charge in [0.15, 0.2) is 11.6 Å². The van der Waals surface area contributed by atoms with Crippen molar-refractivity contribution in [3.8, 4) is 5.69 Å². The Balaban J connectivity index is 1.49. The van der Waals surface area contributed by atoms with Crippen molar-refractivity contribution in [2.24, 2.45) is 5.92 Å². The molecule has 1 aliphatic rings. The first kappa shape index (κ1) is 20.6. The van der Waals surface area contributed by atoms with E-state index in [1.165, 1.54) is 35.2 Å². The van der Waals surface area contributed by atoms with Crippen LogP contribution in [-0.2, 0) is 17.9 Å². The first-order valence-electron chi connectivity index (χ1n) is 9.61. The Kier molecular flexibility index (Phi) is 5.50. The monoisotopic (exact) mass is 429 g/mol. The zero-order valence-corrected chi connectivity index (χ0v) is 16.3. The molecule has 160 valence electrons. The highest BCUT2D eigenvalue weighted by molar-refractivity contribution is 5.78. The summed E-state index contributed by atoms with van der Waals surface area (Å²) in [5.74, 6) is -2.80. The number of halogens is 3. The van der Waals surface area contributed by atoms with Crippen LogP contribution in [0.2, 0.25) is 0 Å². The second-order valence-corrected chi connectivity index (χ2v) is 7.50. The molecule has 1 saturated heterocycles. The number of aromatic nitrogens is 2. The van der Waals surface area contributed by atoms with Gasteiger partial charge < -0.3 is 9.47 Å². The van der Waals surface area contributed by atoms with Crippen LogP contribution in [0.3, 0.4) is 0 Å². The standard InChI is InChI=1S/C22H18F3N3O3/c23-16-3-1-14(2-4-16)11-27-13-15(9-20(27)29)12-26-7-8-28(22(31)21(26)30)17-5-6-18(24)19(25)10-17/h1-8,10,15H,9,11-13H2. The second kappa shape index (κ2) is 8.25. The van der Waals surface area contributed by atoms with Crippen LogP contribution in [0.15, 0.2) is 64.4 Å². The highest BCUT2D eigenvalue weighted by Gasteiger charge is 2.30. The summed E-state index contributed by atoms with van der Waals surface area (Å²) < 4.78 is 41.8. The number of hydrogen-bond donors (Lipinski definition) is 0. The van der Waals surface area contributed by atoms with Crippen LogP contribution in [0.25, 0.3) is 5.69 Å². The molecule has 0 N–H and O–H groups in total. The van der Waals surface area contributed by atoms with E-state index >= 15 is 0 Å². The van der Waals surface area contributed by atoms with E-state index in [4.69, 9.17) is 0 Å². The molecule has 2 heterocycles. The highest BCUT2D eigenvalue weighted by Crippen LogP contribution is 2.21. The van der Waals surface area contributed by atoms with Crippen LogP contribution < -0.4 is 11.1 Å². The quantitative estimate of drug-likeness (QED) is 0.586. The molecule has 3 aromatic rings. The third kappa shape index (κ3) is 4.30. The van der Waals surface area contributed by atoms with Crippen LogP contribution in [0.1, 0.15) is 12.0 Å². The van der Waals surface area contributed by atoms with Crippen molar-refractivity contribution in [3.05, 3.63) is 98.6 Å². The average molecular weight is 429 g/mol. The van der Waals surface area contributed by atoms with Crippen molar-refractivity contribution in [2.75, 3.05) is 6.54 Å². The number of hydrogen-bond acceptors (Lipinski definition) is 3. The number of benzene rings is 2. The molecule has 0 spiro atoms. The van der Waals surface area contributed by atoms with Gasteiger partial charge in [-0.05, 0) is 29.8 Å². The van der Waals surface area contributed by atoms with E-state index in [2.05, 4.69) is 0 Å². The Labute approximate surface area is 174 Å². The Morgan fingerprint density at radius 3 is 2.32 bits per heavy atom. The lowest BCUT2D eigenvalue weighted by Gasteiger charge is -2.17. The molecule has 9 heteroatoms. The smallest absolute Gasteiger partial charge is 0.320 e. The van der Waals surface area contributed by atoms with Crippen LogP contribution in [-0.4, -0.2) is 26.5 Å². The topological polar surface area (TPSA) is 64.3 Å². The van der Waals surface area contributed by atoms with Gasteiger partial charge in [-0.15, -0.1) is 0 Å². The SMILES string of the molecule is O=C1CC(Cn2ccn(-c3ccc(F)c(F)c3)c(=O)c2=O)CN1Cc1ccc(F)cc1. The van der Waals surface area contributed by atoms with E-state index < -0.39 is 22.8 Å². The fourth-order valence-corrected chi connectivity index (χ4v) is 3.71. The van der Waals surface area contributed by atoms with Gasteiger partial charge in [-0.1, -0.05) is 12.1 Å². The van der Waals surface area contributed by atoms with Crippen molar-refractivity contribution in [3.63, 3.8) is 0 Å². The van der Waals surface area contributed by atoms with E-state index in [0.717, 1.165) is 22.3 Å². The van der Waals surface area contributed by atoms with Crippen molar-refractivity contribution in [2.45, 2.75) is 19.5 Å². The molecular weight excluding hydrogens is 411 g/mol. The molecule has 1 fully saturated rings. The van der Waals surface area contributed by atoms with Crippen LogP contribution in [0.5, 0.6) is 0 Å². The molecule has 0 aliphatic carbocycles. The molecule has 1 atom stereocenters. The van der Waals surface area contributed by atoms with Crippen LogP contribution in [0.4, 0.5) is 13.2 Å². The van der Waals surface area contributed by atoms with Gasteiger partial charge in [0.2, 0.25) is 5.91 Å². The molecule has 31 heavy (non-hydrogen) atoms. The minimum atomic E-state index is -1.13. The normalized spacial score (nSPS) is 16.2. The zero-order chi connectivity index (χ0) is 22.1. The lowest BCUT2D eigenvalue weighted by Crippen LogP contribution is -2.41. The molecule has 0 saturated carbocycles. The maximum absolute atomic E-state index is 13.5. The number of nitrogens with zero attached hydrogens (tertiary/aromatic N) is 3. The maximum Gasteiger partial charge on any atom is 0.320 e. The molecule has 0 bridgehead atoms. The van der Waals surface area contributed by atoms with Gasteiger partial charge in [-0.2, -0.15) is 0 Å². The van der Waals surface area contributed by atoms with Gasteiger partial charge in [-0.3, -0.25) is 19.0 Å². The van der Waals surface area contributed by atoms with E-state index in [0.29, 0.717) is 13.1 Å². The van der Waals surface area contributed by atoms with Crippen molar-refractivity contribution < 1.29 is 18.0 Å². The molecule has 2 aromatic carbocycles. The van der Waals surface area contributed by atoms with Crippen molar-refractivity contribution in [1.29, 1.82) is 0 Å². The van der Waals surface area contributed by atoms with Crippen LogP contribution >= 0.6 is 0 Å². The molecule has 4 rings (SSSR count). The summed E-state index contributed by atoms with van der Waals surface area (Å²) in [6, 6.07) is 8.79. The molecule has 0 radical (unpaired) electrons. The van der Waals surface area contributed by atoms with Gasteiger partial charge in [0.25, 0.3) is 0 Å². The first-order chi connectivity index (χ1) is 14.8. The fourth-order valence-electron chi connectivity index (χ4n) is 3.71. The summed E-state index contributed by atoms with van der Waals surface area (Å²) in [6.45, 7) is 0.898. The van der Waals surface area contributed by atoms with Gasteiger partial charge in [0.1, 0.15) is 5.82 Å². The summed E-state index contributed by atoms with van der Waals surface area (Å²) in [4.78, 5) is 38.9. The molecule has 1 aromatic heterocycles. The Bertz CT molecular complexity index is 1250. The minimum Gasteiger partial charge on any atom is -0.338 e. The van der Waals surface area contributed by atoms with Crippen LogP contribution in [0, 0.1) is 23.4 Å². The molecule has 1 unspecified atom stereocenters. The third-order valence-corrected chi connectivity index (χ3v) is 5.28.